The number of hydrogen-bond acceptors (Lipinski definition) is 1. The molecule has 0 fully saturated rings. The van der Waals surface area contributed by atoms with E-state index in [1.165, 1.54) is 22.3 Å². The quantitative estimate of drug-likeness (QED) is 0.645. The first kappa shape index (κ1) is 11.4. The van der Waals surface area contributed by atoms with Crippen LogP contribution in [0.25, 0.3) is 11.1 Å². The zero-order valence-electron chi connectivity index (χ0n) is 10.4. The molecule has 1 heteroatoms. The molecule has 0 aliphatic rings. The Morgan fingerprint density at radius 1 is 0.938 bits per heavy atom. The lowest BCUT2D eigenvalue weighted by Gasteiger charge is -2.19. The van der Waals surface area contributed by atoms with Gasteiger partial charge in [-0.05, 0) is 45.4 Å². The number of aryl methyl sites for hydroxylation is 1. The van der Waals surface area contributed by atoms with Gasteiger partial charge in [-0.1, -0.05) is 45.0 Å². The van der Waals surface area contributed by atoms with Crippen LogP contribution in [0.2, 0.25) is 0 Å². The smallest absolute Gasteiger partial charge is 0.00120 e. The van der Waals surface area contributed by atoms with Gasteiger partial charge in [-0.15, -0.1) is 0 Å². The number of hydrogen-bond donors (Lipinski definition) is 0. The molecule has 0 aliphatic heterocycles. The lowest BCUT2D eigenvalue weighted by molar-refractivity contribution is 0.590. The van der Waals surface area contributed by atoms with E-state index in [1.807, 2.05) is 0 Å². The average Bonchev–Trinajstić information content (AvgIpc) is 2.63. The summed E-state index contributed by atoms with van der Waals surface area (Å²) in [6.07, 6.45) is 0. The van der Waals surface area contributed by atoms with Crippen molar-refractivity contribution in [3.05, 3.63) is 46.2 Å². The molecule has 0 spiro atoms. The number of rotatable bonds is 1. The van der Waals surface area contributed by atoms with Crippen molar-refractivity contribution in [2.24, 2.45) is 0 Å². The maximum absolute atomic E-state index is 2.25. The fourth-order valence-electron chi connectivity index (χ4n) is 1.81. The van der Waals surface area contributed by atoms with Crippen molar-refractivity contribution in [2.45, 2.75) is 33.1 Å². The highest BCUT2D eigenvalue weighted by atomic mass is 32.1. The fourth-order valence-corrected chi connectivity index (χ4v) is 2.66. The summed E-state index contributed by atoms with van der Waals surface area (Å²) in [6, 6.07) is 8.95. The first-order valence-corrected chi connectivity index (χ1v) is 6.56. The molecule has 0 unspecified atom stereocenters. The van der Waals surface area contributed by atoms with Crippen molar-refractivity contribution in [2.75, 3.05) is 0 Å². The van der Waals surface area contributed by atoms with Crippen LogP contribution in [-0.4, -0.2) is 0 Å². The maximum atomic E-state index is 2.25. The summed E-state index contributed by atoms with van der Waals surface area (Å²) in [5.41, 5.74) is 5.69. The highest BCUT2D eigenvalue weighted by Crippen LogP contribution is 2.29. The average molecular weight is 230 g/mol. The summed E-state index contributed by atoms with van der Waals surface area (Å²) >= 11 is 1.77. The van der Waals surface area contributed by atoms with Crippen molar-refractivity contribution >= 4 is 11.3 Å². The molecule has 84 valence electrons. The minimum absolute atomic E-state index is 0.238. The molecule has 0 saturated heterocycles. The summed E-state index contributed by atoms with van der Waals surface area (Å²) in [4.78, 5) is 0. The van der Waals surface area contributed by atoms with E-state index >= 15 is 0 Å². The van der Waals surface area contributed by atoms with Gasteiger partial charge in [0.2, 0.25) is 0 Å². The predicted molar refractivity (Wildman–Crippen MR) is 73.2 cm³/mol. The van der Waals surface area contributed by atoms with Crippen molar-refractivity contribution in [1.29, 1.82) is 0 Å². The van der Waals surface area contributed by atoms with Gasteiger partial charge in [-0.2, -0.15) is 11.3 Å². The van der Waals surface area contributed by atoms with E-state index < -0.39 is 0 Å². The van der Waals surface area contributed by atoms with E-state index in [-0.39, 0.29) is 5.41 Å². The van der Waals surface area contributed by atoms with Gasteiger partial charge in [0, 0.05) is 0 Å². The van der Waals surface area contributed by atoms with E-state index in [1.54, 1.807) is 11.3 Å². The van der Waals surface area contributed by atoms with Crippen LogP contribution < -0.4 is 0 Å². The standard InChI is InChI=1S/C15H18S/c1-11-9-16-10-14(11)12-5-7-13(8-6-12)15(2,3)4/h5-10H,1-4H3. The van der Waals surface area contributed by atoms with Crippen LogP contribution in [0.15, 0.2) is 35.0 Å². The molecule has 0 saturated carbocycles. The Morgan fingerprint density at radius 3 is 2.00 bits per heavy atom. The van der Waals surface area contributed by atoms with Crippen LogP contribution >= 0.6 is 11.3 Å². The third kappa shape index (κ3) is 2.19. The molecular weight excluding hydrogens is 212 g/mol. The molecule has 1 heterocycles. The molecule has 1 aromatic carbocycles. The molecule has 0 N–H and O–H groups in total. The maximum Gasteiger partial charge on any atom is -0.00120 e. The lowest BCUT2D eigenvalue weighted by Crippen LogP contribution is -2.10. The Kier molecular flexibility index (Phi) is 2.90. The second-order valence-corrected chi connectivity index (χ2v) is 6.04. The monoisotopic (exact) mass is 230 g/mol. The Labute approximate surface area is 102 Å². The SMILES string of the molecule is Cc1cscc1-c1ccc(C(C)(C)C)cc1. The molecule has 16 heavy (non-hydrogen) atoms. The van der Waals surface area contributed by atoms with Gasteiger partial charge in [0.1, 0.15) is 0 Å². The van der Waals surface area contributed by atoms with E-state index in [0.29, 0.717) is 0 Å². The summed E-state index contributed by atoms with van der Waals surface area (Å²) in [6.45, 7) is 8.91. The molecule has 0 atom stereocenters. The highest BCUT2D eigenvalue weighted by molar-refractivity contribution is 7.08. The van der Waals surface area contributed by atoms with Crippen LogP contribution in [0.3, 0.4) is 0 Å². The summed E-state index contributed by atoms with van der Waals surface area (Å²) < 4.78 is 0. The van der Waals surface area contributed by atoms with Crippen molar-refractivity contribution in [3.63, 3.8) is 0 Å². The molecule has 0 aliphatic carbocycles. The molecule has 1 aromatic heterocycles. The summed E-state index contributed by atoms with van der Waals surface area (Å²) in [5.74, 6) is 0. The van der Waals surface area contributed by atoms with Crippen LogP contribution in [-0.2, 0) is 5.41 Å². The molecule has 0 bridgehead atoms. The summed E-state index contributed by atoms with van der Waals surface area (Å²) in [7, 11) is 0. The summed E-state index contributed by atoms with van der Waals surface area (Å²) in [5, 5.41) is 4.43. The van der Waals surface area contributed by atoms with E-state index in [0.717, 1.165) is 0 Å². The zero-order chi connectivity index (χ0) is 11.8. The first-order valence-electron chi connectivity index (χ1n) is 5.62. The normalized spacial score (nSPS) is 11.8. The highest BCUT2D eigenvalue weighted by Gasteiger charge is 2.13. The largest absolute Gasteiger partial charge is 0.151 e. The Bertz CT molecular complexity index is 469. The second-order valence-electron chi connectivity index (χ2n) is 5.30. The van der Waals surface area contributed by atoms with Crippen LogP contribution in [0.4, 0.5) is 0 Å². The third-order valence-electron chi connectivity index (χ3n) is 2.92. The first-order chi connectivity index (χ1) is 7.48. The van der Waals surface area contributed by atoms with Crippen LogP contribution in [0, 0.1) is 6.92 Å². The molecule has 2 aromatic rings. The van der Waals surface area contributed by atoms with E-state index in [9.17, 15) is 0 Å². The zero-order valence-corrected chi connectivity index (χ0v) is 11.2. The van der Waals surface area contributed by atoms with Crippen LogP contribution in [0.1, 0.15) is 31.9 Å². The van der Waals surface area contributed by atoms with Gasteiger partial charge < -0.3 is 0 Å². The van der Waals surface area contributed by atoms with Crippen molar-refractivity contribution in [3.8, 4) is 11.1 Å². The Morgan fingerprint density at radius 2 is 1.56 bits per heavy atom. The Hall–Kier alpha value is -1.08. The minimum Gasteiger partial charge on any atom is -0.151 e. The molecular formula is C15H18S. The van der Waals surface area contributed by atoms with Gasteiger partial charge in [0.05, 0.1) is 0 Å². The lowest BCUT2D eigenvalue weighted by atomic mass is 9.86. The van der Waals surface area contributed by atoms with Gasteiger partial charge in [0.25, 0.3) is 0 Å². The van der Waals surface area contributed by atoms with Crippen molar-refractivity contribution in [1.82, 2.24) is 0 Å². The topological polar surface area (TPSA) is 0 Å². The number of thiophene rings is 1. The van der Waals surface area contributed by atoms with Gasteiger partial charge in [-0.3, -0.25) is 0 Å². The van der Waals surface area contributed by atoms with Gasteiger partial charge >= 0.3 is 0 Å². The van der Waals surface area contributed by atoms with E-state index in [2.05, 4.69) is 62.7 Å². The predicted octanol–water partition coefficient (Wildman–Crippen LogP) is 5.02. The molecule has 0 nitrogen and oxygen atoms in total. The fraction of sp³-hybridized carbons (Fsp3) is 0.333. The minimum atomic E-state index is 0.238. The third-order valence-corrected chi connectivity index (χ3v) is 3.78. The second kappa shape index (κ2) is 4.06. The number of benzene rings is 1. The molecule has 0 radical (unpaired) electrons. The van der Waals surface area contributed by atoms with Crippen molar-refractivity contribution < 1.29 is 0 Å². The van der Waals surface area contributed by atoms with Gasteiger partial charge in [-0.25, -0.2) is 0 Å². The Balaban J connectivity index is 2.37. The van der Waals surface area contributed by atoms with E-state index in [4.69, 9.17) is 0 Å². The van der Waals surface area contributed by atoms with Gasteiger partial charge in [0.15, 0.2) is 0 Å². The van der Waals surface area contributed by atoms with Crippen LogP contribution in [0.5, 0.6) is 0 Å². The molecule has 2 rings (SSSR count). The molecule has 0 amide bonds.